The van der Waals surface area contributed by atoms with Gasteiger partial charge in [-0.1, -0.05) is 119 Å². The van der Waals surface area contributed by atoms with Gasteiger partial charge in [-0.15, -0.1) is 0 Å². The van der Waals surface area contributed by atoms with Crippen LogP contribution >= 0.6 is 65.8 Å². The Hall–Kier alpha value is 1.70. The van der Waals surface area contributed by atoms with Crippen LogP contribution in [-0.2, 0) is 59.5 Å². The fraction of sp³-hybridized carbons (Fsp3) is 0.958. The second-order valence-corrected chi connectivity index (χ2v) is 40.7. The van der Waals surface area contributed by atoms with Gasteiger partial charge in [-0.2, -0.15) is 17.9 Å². The molecule has 1 saturated carbocycles. The van der Waals surface area contributed by atoms with Gasteiger partial charge in [0.05, 0.1) is 19.3 Å². The maximum atomic E-state index is 12.8. The predicted molar refractivity (Wildman–Crippen MR) is 320 cm³/mol. The van der Waals surface area contributed by atoms with E-state index in [1.54, 1.807) is 54.0 Å². The first-order chi connectivity index (χ1) is 31.4. The number of hydrogen-bond donors (Lipinski definition) is 0. The van der Waals surface area contributed by atoms with Gasteiger partial charge >= 0.3 is 7.68 Å². The molecule has 0 heterocycles. The van der Waals surface area contributed by atoms with Gasteiger partial charge in [-0.3, -0.25) is 32.3 Å². The molecule has 1 radical (unpaired) electrons. The van der Waals surface area contributed by atoms with Crippen LogP contribution in [-0.4, -0.2) is 149 Å². The Labute approximate surface area is 470 Å². The third-order valence-electron chi connectivity index (χ3n) is 10.5. The topological polar surface area (TPSA) is 164 Å². The molecule has 1 rings (SSSR count). The predicted octanol–water partition coefficient (Wildman–Crippen LogP) is 18.8. The van der Waals surface area contributed by atoms with Crippen LogP contribution in [0.3, 0.4) is 0 Å². The maximum Gasteiger partial charge on any atom is 0.364 e. The molecule has 447 valence electrons. The van der Waals surface area contributed by atoms with E-state index in [4.69, 9.17) is 18.8 Å². The van der Waals surface area contributed by atoms with Crippen molar-refractivity contribution >= 4 is 65.8 Å². The van der Waals surface area contributed by atoms with E-state index in [1.165, 1.54) is 60.0 Å². The first-order valence-corrected chi connectivity index (χ1v) is 40.4. The molecule has 25 heteroatoms. The molecule has 7 unspecified atom stereocenters. The fourth-order valence-corrected chi connectivity index (χ4v) is 13.8. The summed E-state index contributed by atoms with van der Waals surface area (Å²) in [6, 6.07) is 1.06. The number of halogens is 3. The number of hydrogen-bond acceptors (Lipinski definition) is 14. The van der Waals surface area contributed by atoms with Gasteiger partial charge in [0.1, 0.15) is 5.81 Å². The molecule has 0 bridgehead atoms. The van der Waals surface area contributed by atoms with Crippen LogP contribution in [0.15, 0.2) is 0 Å². The summed E-state index contributed by atoms with van der Waals surface area (Å²) in [7, 11) is -9.70. The average Bonchev–Trinajstić information content (AvgIpc) is 3.18. The second kappa shape index (κ2) is 46.3. The van der Waals surface area contributed by atoms with E-state index in [0.717, 1.165) is 76.7 Å². The smallest absolute Gasteiger partial charge is 0.358 e. The fourth-order valence-electron chi connectivity index (χ4n) is 5.54. The maximum absolute atomic E-state index is 12.8. The molecule has 1 aliphatic rings. The molecule has 0 aromatic heterocycles. The Morgan fingerprint density at radius 2 is 1.05 bits per heavy atom. The zero-order valence-corrected chi connectivity index (χ0v) is 58.0. The van der Waals surface area contributed by atoms with Crippen molar-refractivity contribution in [2.24, 2.45) is 11.3 Å². The molecule has 1 fully saturated rings. The monoisotopic (exact) mass is 1250 g/mol. The van der Waals surface area contributed by atoms with E-state index < -0.39 is 43.0 Å². The van der Waals surface area contributed by atoms with Gasteiger partial charge in [0.2, 0.25) is 22.2 Å². The standard InChI is InChI=1S/C13H30NO2PS.C11H26NO2PS.C7H14FO2P.C7H16FOP.C4H10FOP.C4H9N2OP.CH4.CH3.V/c1-6-8-14(9-7-2)10-11-18-17(5,15)16-12-13(3)4;1-7-14-15(6,13)16-9-8-12(10(2)3)11(4)5;1-11(8,9)10-7-5-3-2-4-6-7;1-6(7(2,3)4)10(5,8)9;1-4(2)7(3,5)6;1-6(2)8(3,7)4-5;;;/h13H,6-12H2,1-5H3;10-11H,7-9H2,1-6H3;7H,2-6H2,1H3;6H,1-5H3;4H,1-3H3;1-3H3;1H4;1H3;/q;;;;;;;-1;. The third kappa shape index (κ3) is 59.7. The van der Waals surface area contributed by atoms with E-state index in [0.29, 0.717) is 31.2 Å². The van der Waals surface area contributed by atoms with Crippen LogP contribution in [0.2, 0.25) is 0 Å². The molecule has 0 saturated heterocycles. The average molecular weight is 1250 g/mol. The van der Waals surface area contributed by atoms with Gasteiger partial charge in [0.15, 0.2) is 0 Å². The van der Waals surface area contributed by atoms with Crippen molar-refractivity contribution in [1.82, 2.24) is 14.5 Å². The second-order valence-electron chi connectivity index (χ2n) is 20.4. The summed E-state index contributed by atoms with van der Waals surface area (Å²) in [5.41, 5.74) is -0.855. The van der Waals surface area contributed by atoms with E-state index in [1.807, 2.05) is 27.7 Å². The molecule has 0 spiro atoms. The number of nitrogens with zero attached hydrogens (tertiary/aromatic N) is 4. The van der Waals surface area contributed by atoms with E-state index in [-0.39, 0.29) is 56.2 Å². The van der Waals surface area contributed by atoms with E-state index in [9.17, 15) is 40.0 Å². The van der Waals surface area contributed by atoms with Crippen LogP contribution in [0.25, 0.3) is 0 Å². The largest absolute Gasteiger partial charge is 0.364 e. The van der Waals surface area contributed by atoms with Crippen molar-refractivity contribution in [3.63, 3.8) is 0 Å². The minimum Gasteiger partial charge on any atom is -0.358 e. The Morgan fingerprint density at radius 1 is 0.671 bits per heavy atom. The van der Waals surface area contributed by atoms with Gasteiger partial charge in [0, 0.05) is 107 Å². The van der Waals surface area contributed by atoms with Crippen LogP contribution in [0.5, 0.6) is 0 Å². The van der Waals surface area contributed by atoms with Gasteiger partial charge in [-0.25, -0.2) is 4.67 Å². The van der Waals surface area contributed by atoms with Gasteiger partial charge in [-0.05, 0) is 98.8 Å². The molecule has 73 heavy (non-hydrogen) atoms. The molecular formula is C48H112F3N4O9P6S2V-. The normalized spacial score (nSPS) is 18.0. The van der Waals surface area contributed by atoms with Crippen molar-refractivity contribution in [1.29, 1.82) is 5.26 Å². The SMILES string of the molecule is C.CC(C(C)(C)C)P(C)(=O)F.CC(C)P(C)(=O)F.CCCN(CCC)CCSP(C)(=O)OCC(C)C.CCOP(C)(=O)SCCN(C(C)C)C(C)C.CN(C)P(C)(=O)C#N.CP(=O)(F)OC1CCCCC1.[CH3-].[V]. The summed E-state index contributed by atoms with van der Waals surface area (Å²) in [5, 5.41) is 8.21. The van der Waals surface area contributed by atoms with Crippen molar-refractivity contribution in [3.8, 4) is 5.81 Å². The number of nitriles is 1. The molecule has 0 amide bonds. The van der Waals surface area contributed by atoms with Crippen LogP contribution in [0.1, 0.15) is 156 Å². The van der Waals surface area contributed by atoms with Crippen LogP contribution in [0.4, 0.5) is 12.6 Å². The van der Waals surface area contributed by atoms with E-state index in [2.05, 4.69) is 65.2 Å². The van der Waals surface area contributed by atoms with Crippen molar-refractivity contribution in [3.05, 3.63) is 7.43 Å². The first-order valence-electron chi connectivity index (χ1n) is 24.8. The first kappa shape index (κ1) is 91.2. The zero-order chi connectivity index (χ0) is 56.5. The Bertz CT molecular complexity index is 1660. The molecule has 13 nitrogen and oxygen atoms in total. The summed E-state index contributed by atoms with van der Waals surface area (Å²) in [6.45, 7) is 38.6. The minimum atomic E-state index is -3.73. The van der Waals surface area contributed by atoms with E-state index >= 15 is 0 Å². The quantitative estimate of drug-likeness (QED) is 0.0662. The Kier molecular flexibility index (Phi) is 57.9. The third-order valence-corrected chi connectivity index (χ3v) is 24.7. The van der Waals surface area contributed by atoms with Gasteiger partial charge in [0.25, 0.3) is 13.1 Å². The summed E-state index contributed by atoms with van der Waals surface area (Å²) >= 11 is 2.95. The molecule has 7 atom stereocenters. The summed E-state index contributed by atoms with van der Waals surface area (Å²) in [6.07, 6.45) is 7.33. The van der Waals surface area contributed by atoms with Crippen molar-refractivity contribution in [2.75, 3.05) is 105 Å². The van der Waals surface area contributed by atoms with Crippen molar-refractivity contribution in [2.45, 2.75) is 186 Å². The Balaban J connectivity index is -0.000000118. The summed E-state index contributed by atoms with van der Waals surface area (Å²) in [4.78, 5) is 4.84. The molecule has 0 N–H and O–H groups in total. The van der Waals surface area contributed by atoms with Gasteiger partial charge < -0.3 is 25.9 Å². The molecular weight excluding hydrogens is 1130 g/mol. The number of rotatable bonds is 24. The molecule has 0 aliphatic heterocycles. The molecule has 0 aromatic rings. The van der Waals surface area contributed by atoms with Crippen LogP contribution < -0.4 is 0 Å². The molecule has 1 aliphatic carbocycles. The molecule has 0 aromatic carbocycles. The minimum absolute atomic E-state index is 0. The summed E-state index contributed by atoms with van der Waals surface area (Å²) < 4.78 is 121. The van der Waals surface area contributed by atoms with Crippen LogP contribution in [0, 0.1) is 29.8 Å². The zero-order valence-electron chi connectivity index (χ0n) is 49.6. The summed E-state index contributed by atoms with van der Waals surface area (Å²) in [5.74, 6) is 3.92. The van der Waals surface area contributed by atoms with Crippen molar-refractivity contribution < 1.29 is 72.1 Å². The Morgan fingerprint density at radius 3 is 1.30 bits per heavy atom.